The molecule has 4 nitrogen and oxygen atoms in total. The topological polar surface area (TPSA) is 55.6 Å². The molecule has 1 aliphatic rings. The Hall–Kier alpha value is -1.39. The van der Waals surface area contributed by atoms with Crippen molar-refractivity contribution in [1.29, 1.82) is 0 Å². The number of nitrogens with two attached hydrogens (primary N) is 1. The molecule has 4 heteroatoms. The Morgan fingerprint density at radius 1 is 1.41 bits per heavy atom. The maximum absolute atomic E-state index is 11.3. The minimum Gasteiger partial charge on any atom is -0.469 e. The molecule has 1 aliphatic heterocycles. The van der Waals surface area contributed by atoms with Crippen molar-refractivity contribution in [3.05, 3.63) is 35.4 Å². The maximum Gasteiger partial charge on any atom is 0.309 e. The van der Waals surface area contributed by atoms with E-state index < -0.39 is 0 Å². The van der Waals surface area contributed by atoms with Gasteiger partial charge in [-0.15, -0.1) is 0 Å². The molecule has 17 heavy (non-hydrogen) atoms. The van der Waals surface area contributed by atoms with E-state index in [1.165, 1.54) is 12.7 Å². The normalized spacial score (nSPS) is 16.6. The van der Waals surface area contributed by atoms with Crippen LogP contribution in [0.1, 0.15) is 11.1 Å². The van der Waals surface area contributed by atoms with Crippen LogP contribution in [0.5, 0.6) is 0 Å². The molecule has 0 bridgehead atoms. The van der Waals surface area contributed by atoms with Crippen LogP contribution in [0.4, 0.5) is 0 Å². The lowest BCUT2D eigenvalue weighted by atomic mass is 10.0. The fourth-order valence-electron chi connectivity index (χ4n) is 2.09. The van der Waals surface area contributed by atoms with E-state index in [1.807, 2.05) is 18.2 Å². The predicted octanol–water partition coefficient (Wildman–Crippen LogP) is 0.545. The summed E-state index contributed by atoms with van der Waals surface area (Å²) < 4.78 is 4.70. The first-order valence-electron chi connectivity index (χ1n) is 5.80. The van der Waals surface area contributed by atoms with Crippen molar-refractivity contribution in [1.82, 2.24) is 4.90 Å². The summed E-state index contributed by atoms with van der Waals surface area (Å²) in [7, 11) is 1.42. The maximum atomic E-state index is 11.3. The number of likely N-dealkylation sites (tertiary alicyclic amines) is 1. The van der Waals surface area contributed by atoms with E-state index in [9.17, 15) is 4.79 Å². The second kappa shape index (κ2) is 5.29. The summed E-state index contributed by atoms with van der Waals surface area (Å²) in [5.74, 6) is -0.197. The third-order valence-electron chi connectivity index (χ3n) is 3.06. The molecule has 92 valence electrons. The molecular formula is C13H18N2O2. The van der Waals surface area contributed by atoms with Crippen LogP contribution in [0, 0.1) is 0 Å². The van der Waals surface area contributed by atoms with Crippen molar-refractivity contribution in [2.24, 2.45) is 5.73 Å². The molecule has 0 spiro atoms. The highest BCUT2D eigenvalue weighted by Gasteiger charge is 2.23. The van der Waals surface area contributed by atoms with E-state index in [0.29, 0.717) is 12.5 Å². The van der Waals surface area contributed by atoms with Gasteiger partial charge >= 0.3 is 5.97 Å². The van der Waals surface area contributed by atoms with Crippen LogP contribution < -0.4 is 5.73 Å². The van der Waals surface area contributed by atoms with Gasteiger partial charge in [0, 0.05) is 25.7 Å². The zero-order valence-electron chi connectivity index (χ0n) is 10.1. The number of ether oxygens (including phenoxy) is 1. The third-order valence-corrected chi connectivity index (χ3v) is 3.06. The fraction of sp³-hybridized carbons (Fsp3) is 0.462. The number of benzene rings is 1. The van der Waals surface area contributed by atoms with Gasteiger partial charge in [-0.25, -0.2) is 0 Å². The van der Waals surface area contributed by atoms with Crippen molar-refractivity contribution in [2.45, 2.75) is 19.0 Å². The van der Waals surface area contributed by atoms with Crippen LogP contribution >= 0.6 is 0 Å². The highest BCUT2D eigenvalue weighted by Crippen LogP contribution is 2.16. The highest BCUT2D eigenvalue weighted by molar-refractivity contribution is 5.72. The van der Waals surface area contributed by atoms with E-state index in [1.54, 1.807) is 0 Å². The number of hydrogen-bond donors (Lipinski definition) is 1. The standard InChI is InChI=1S/C13H18N2O2/c1-17-13(16)6-10-4-2-3-5-11(10)7-15-8-12(14)9-15/h2-5,12H,6-9,14H2,1H3. The minimum atomic E-state index is -0.197. The molecule has 0 atom stereocenters. The molecule has 1 aromatic rings. The Labute approximate surface area is 101 Å². The number of hydrogen-bond acceptors (Lipinski definition) is 4. The molecule has 2 rings (SSSR count). The van der Waals surface area contributed by atoms with Crippen LogP contribution in [0.25, 0.3) is 0 Å². The summed E-state index contributed by atoms with van der Waals surface area (Å²) in [6.07, 6.45) is 0.340. The molecule has 0 amide bonds. The Kier molecular flexibility index (Phi) is 3.76. The van der Waals surface area contributed by atoms with Gasteiger partial charge in [0.1, 0.15) is 0 Å². The quantitative estimate of drug-likeness (QED) is 0.773. The minimum absolute atomic E-state index is 0.197. The third kappa shape index (κ3) is 3.05. The zero-order chi connectivity index (χ0) is 12.3. The largest absolute Gasteiger partial charge is 0.469 e. The lowest BCUT2D eigenvalue weighted by Gasteiger charge is -2.37. The number of nitrogens with zero attached hydrogens (tertiary/aromatic N) is 1. The first-order chi connectivity index (χ1) is 8.19. The SMILES string of the molecule is COC(=O)Cc1ccccc1CN1CC(N)C1. The van der Waals surface area contributed by atoms with Crippen LogP contribution in [-0.2, 0) is 22.5 Å². The molecule has 0 radical (unpaired) electrons. The van der Waals surface area contributed by atoms with Gasteiger partial charge in [0.15, 0.2) is 0 Å². The molecule has 1 aromatic carbocycles. The van der Waals surface area contributed by atoms with E-state index in [2.05, 4.69) is 11.0 Å². The van der Waals surface area contributed by atoms with Gasteiger partial charge in [0.05, 0.1) is 13.5 Å². The van der Waals surface area contributed by atoms with Crippen molar-refractivity contribution in [2.75, 3.05) is 20.2 Å². The molecule has 1 saturated heterocycles. The van der Waals surface area contributed by atoms with Gasteiger partial charge in [-0.3, -0.25) is 9.69 Å². The van der Waals surface area contributed by atoms with Crippen LogP contribution in [0.3, 0.4) is 0 Å². The summed E-state index contributed by atoms with van der Waals surface area (Å²) in [5.41, 5.74) is 7.97. The number of esters is 1. The Bertz CT molecular complexity index is 400. The Morgan fingerprint density at radius 2 is 2.06 bits per heavy atom. The lowest BCUT2D eigenvalue weighted by Crippen LogP contribution is -2.54. The van der Waals surface area contributed by atoms with Crippen molar-refractivity contribution in [3.8, 4) is 0 Å². The molecule has 0 aromatic heterocycles. The summed E-state index contributed by atoms with van der Waals surface area (Å²) in [6, 6.07) is 8.29. The Balaban J connectivity index is 2.02. The second-order valence-electron chi connectivity index (χ2n) is 4.48. The first-order valence-corrected chi connectivity index (χ1v) is 5.80. The average Bonchev–Trinajstić information content (AvgIpc) is 2.29. The van der Waals surface area contributed by atoms with Gasteiger partial charge in [-0.2, -0.15) is 0 Å². The van der Waals surface area contributed by atoms with Gasteiger partial charge in [0.25, 0.3) is 0 Å². The van der Waals surface area contributed by atoms with Crippen molar-refractivity contribution in [3.63, 3.8) is 0 Å². The molecule has 0 saturated carbocycles. The zero-order valence-corrected chi connectivity index (χ0v) is 10.1. The van der Waals surface area contributed by atoms with Gasteiger partial charge in [0.2, 0.25) is 0 Å². The van der Waals surface area contributed by atoms with Crippen LogP contribution in [-0.4, -0.2) is 37.1 Å². The monoisotopic (exact) mass is 234 g/mol. The first kappa shape index (κ1) is 12.1. The molecule has 1 heterocycles. The molecule has 0 aliphatic carbocycles. The Morgan fingerprint density at radius 3 is 2.65 bits per heavy atom. The molecule has 1 fully saturated rings. The van der Waals surface area contributed by atoms with Crippen LogP contribution in [0.2, 0.25) is 0 Å². The van der Waals surface area contributed by atoms with E-state index >= 15 is 0 Å². The number of carbonyl (C=O) groups excluding carboxylic acids is 1. The molecule has 2 N–H and O–H groups in total. The number of methoxy groups -OCH3 is 1. The summed E-state index contributed by atoms with van der Waals surface area (Å²) in [6.45, 7) is 2.74. The smallest absolute Gasteiger partial charge is 0.309 e. The number of rotatable bonds is 4. The lowest BCUT2D eigenvalue weighted by molar-refractivity contribution is -0.139. The van der Waals surface area contributed by atoms with Gasteiger partial charge in [-0.05, 0) is 11.1 Å². The average molecular weight is 234 g/mol. The van der Waals surface area contributed by atoms with E-state index in [-0.39, 0.29) is 5.97 Å². The van der Waals surface area contributed by atoms with Crippen molar-refractivity contribution >= 4 is 5.97 Å². The van der Waals surface area contributed by atoms with Crippen LogP contribution in [0.15, 0.2) is 24.3 Å². The molecule has 0 unspecified atom stereocenters. The van der Waals surface area contributed by atoms with Gasteiger partial charge in [-0.1, -0.05) is 24.3 Å². The number of carbonyl (C=O) groups is 1. The van der Waals surface area contributed by atoms with Gasteiger partial charge < -0.3 is 10.5 Å². The van der Waals surface area contributed by atoms with E-state index in [0.717, 1.165) is 25.2 Å². The summed E-state index contributed by atoms with van der Waals surface area (Å²) in [4.78, 5) is 13.6. The van der Waals surface area contributed by atoms with Crippen molar-refractivity contribution < 1.29 is 9.53 Å². The summed E-state index contributed by atoms with van der Waals surface area (Å²) in [5, 5.41) is 0. The second-order valence-corrected chi connectivity index (χ2v) is 4.48. The predicted molar refractivity (Wildman–Crippen MR) is 65.4 cm³/mol. The fourth-order valence-corrected chi connectivity index (χ4v) is 2.09. The summed E-state index contributed by atoms with van der Waals surface area (Å²) >= 11 is 0. The highest BCUT2D eigenvalue weighted by atomic mass is 16.5. The molecular weight excluding hydrogens is 216 g/mol. The van der Waals surface area contributed by atoms with E-state index in [4.69, 9.17) is 10.5 Å².